The van der Waals surface area contributed by atoms with E-state index in [1.54, 1.807) is 12.1 Å². The fraction of sp³-hybridized carbons (Fsp3) is 0.316. The van der Waals surface area contributed by atoms with Crippen molar-refractivity contribution in [3.8, 4) is 0 Å². The lowest BCUT2D eigenvalue weighted by Gasteiger charge is -2.12. The normalized spacial score (nSPS) is 12.7. The van der Waals surface area contributed by atoms with Crippen molar-refractivity contribution in [2.45, 2.75) is 31.7 Å². The van der Waals surface area contributed by atoms with E-state index in [0.29, 0.717) is 11.6 Å². The van der Waals surface area contributed by atoms with E-state index in [-0.39, 0.29) is 18.4 Å². The summed E-state index contributed by atoms with van der Waals surface area (Å²) >= 11 is 5.72. The molecule has 0 saturated heterocycles. The van der Waals surface area contributed by atoms with Crippen LogP contribution in [0, 0.1) is 0 Å². The van der Waals surface area contributed by atoms with E-state index in [2.05, 4.69) is 12.1 Å². The van der Waals surface area contributed by atoms with Gasteiger partial charge in [-0.25, -0.2) is 0 Å². The van der Waals surface area contributed by atoms with Gasteiger partial charge in [-0.3, -0.25) is 4.79 Å². The molecule has 0 bridgehead atoms. The van der Waals surface area contributed by atoms with Crippen LogP contribution in [0.3, 0.4) is 0 Å². The van der Waals surface area contributed by atoms with Gasteiger partial charge in [0.2, 0.25) is 0 Å². The average molecular weight is 349 g/mol. The molecule has 0 aromatic heterocycles. The Morgan fingerprint density at radius 1 is 1.12 bits per heavy atom. The van der Waals surface area contributed by atoms with E-state index < -0.39 is 5.97 Å². The second-order valence-electron chi connectivity index (χ2n) is 5.75. The molecule has 5 heteroatoms. The van der Waals surface area contributed by atoms with Crippen LogP contribution >= 0.6 is 11.6 Å². The summed E-state index contributed by atoms with van der Waals surface area (Å²) in [5, 5.41) is 9.29. The summed E-state index contributed by atoms with van der Waals surface area (Å²) in [4.78, 5) is 10.5. The molecule has 0 amide bonds. The van der Waals surface area contributed by atoms with Crippen LogP contribution in [0.25, 0.3) is 0 Å². The SMILES string of the molecule is CC(N)Cc1ccccc1.NCC(CC(=O)O)c1ccc(Cl)cc1. The minimum atomic E-state index is -0.838. The Balaban J connectivity index is 0.000000254. The molecule has 0 aliphatic rings. The highest BCUT2D eigenvalue weighted by Gasteiger charge is 2.13. The number of hydrogen-bond acceptors (Lipinski definition) is 3. The number of rotatable bonds is 6. The molecule has 0 spiro atoms. The maximum absolute atomic E-state index is 10.5. The standard InChI is InChI=1S/C10H12ClNO2.C9H13N/c11-9-3-1-7(2-4-9)8(6-12)5-10(13)14;1-8(10)7-9-5-3-2-4-6-9/h1-4,8H,5-6,12H2,(H,13,14);2-6,8H,7,10H2,1H3. The van der Waals surface area contributed by atoms with Gasteiger partial charge in [0.1, 0.15) is 0 Å². The number of aliphatic carboxylic acids is 1. The highest BCUT2D eigenvalue weighted by molar-refractivity contribution is 6.30. The fourth-order valence-electron chi connectivity index (χ4n) is 2.27. The number of carboxylic acid groups (broad SMARTS) is 1. The van der Waals surface area contributed by atoms with Crippen LogP contribution in [0.5, 0.6) is 0 Å². The van der Waals surface area contributed by atoms with Gasteiger partial charge in [0.05, 0.1) is 6.42 Å². The van der Waals surface area contributed by atoms with Gasteiger partial charge in [-0.1, -0.05) is 54.1 Å². The molecule has 5 N–H and O–H groups in total. The molecule has 0 aliphatic carbocycles. The zero-order valence-electron chi connectivity index (χ0n) is 13.9. The smallest absolute Gasteiger partial charge is 0.304 e. The maximum Gasteiger partial charge on any atom is 0.304 e. The topological polar surface area (TPSA) is 89.3 Å². The second kappa shape index (κ2) is 10.8. The van der Waals surface area contributed by atoms with Crippen molar-refractivity contribution in [2.24, 2.45) is 11.5 Å². The summed E-state index contributed by atoms with van der Waals surface area (Å²) < 4.78 is 0. The van der Waals surface area contributed by atoms with Crippen LogP contribution in [0.2, 0.25) is 5.02 Å². The predicted octanol–water partition coefficient (Wildman–Crippen LogP) is 3.43. The van der Waals surface area contributed by atoms with E-state index in [1.807, 2.05) is 37.3 Å². The lowest BCUT2D eigenvalue weighted by Crippen LogP contribution is -2.17. The zero-order chi connectivity index (χ0) is 17.9. The van der Waals surface area contributed by atoms with Crippen molar-refractivity contribution in [1.29, 1.82) is 0 Å². The Labute approximate surface area is 148 Å². The van der Waals surface area contributed by atoms with Crippen LogP contribution in [0.4, 0.5) is 0 Å². The molecular weight excluding hydrogens is 324 g/mol. The molecule has 24 heavy (non-hydrogen) atoms. The van der Waals surface area contributed by atoms with Crippen LogP contribution < -0.4 is 11.5 Å². The first kappa shape index (κ1) is 20.2. The van der Waals surface area contributed by atoms with E-state index in [0.717, 1.165) is 12.0 Å². The lowest BCUT2D eigenvalue weighted by molar-refractivity contribution is -0.137. The molecule has 2 aromatic carbocycles. The van der Waals surface area contributed by atoms with E-state index in [4.69, 9.17) is 28.2 Å². The first-order valence-corrected chi connectivity index (χ1v) is 8.27. The molecular formula is C19H25ClN2O2. The largest absolute Gasteiger partial charge is 0.481 e. The Morgan fingerprint density at radius 2 is 1.71 bits per heavy atom. The molecule has 0 aliphatic heterocycles. The Kier molecular flexibility index (Phi) is 9.08. The summed E-state index contributed by atoms with van der Waals surface area (Å²) in [5.74, 6) is -0.972. The molecule has 0 saturated carbocycles. The van der Waals surface area contributed by atoms with Gasteiger partial charge in [-0.2, -0.15) is 0 Å². The molecule has 0 fully saturated rings. The lowest BCUT2D eigenvalue weighted by atomic mass is 9.96. The summed E-state index contributed by atoms with van der Waals surface area (Å²) in [6.45, 7) is 2.35. The molecule has 130 valence electrons. The van der Waals surface area contributed by atoms with Crippen LogP contribution in [-0.4, -0.2) is 23.7 Å². The average Bonchev–Trinajstić information content (AvgIpc) is 2.54. The minimum Gasteiger partial charge on any atom is -0.481 e. The van der Waals surface area contributed by atoms with Crippen molar-refractivity contribution < 1.29 is 9.90 Å². The Bertz CT molecular complexity index is 601. The van der Waals surface area contributed by atoms with Crippen molar-refractivity contribution in [1.82, 2.24) is 0 Å². The quantitative estimate of drug-likeness (QED) is 0.746. The van der Waals surface area contributed by atoms with Crippen molar-refractivity contribution >= 4 is 17.6 Å². The monoisotopic (exact) mass is 348 g/mol. The van der Waals surface area contributed by atoms with Gasteiger partial charge in [0.25, 0.3) is 0 Å². The number of halogens is 1. The van der Waals surface area contributed by atoms with E-state index in [9.17, 15) is 4.79 Å². The summed E-state index contributed by atoms with van der Waals surface area (Å²) in [5.41, 5.74) is 13.4. The van der Waals surface area contributed by atoms with Gasteiger partial charge < -0.3 is 16.6 Å². The molecule has 0 radical (unpaired) electrons. The van der Waals surface area contributed by atoms with Gasteiger partial charge >= 0.3 is 5.97 Å². The predicted molar refractivity (Wildman–Crippen MR) is 99.3 cm³/mol. The third-order valence-corrected chi connectivity index (χ3v) is 3.70. The van der Waals surface area contributed by atoms with E-state index in [1.165, 1.54) is 5.56 Å². The van der Waals surface area contributed by atoms with E-state index >= 15 is 0 Å². The summed E-state index contributed by atoms with van der Waals surface area (Å²) in [6, 6.07) is 17.7. The molecule has 0 heterocycles. The van der Waals surface area contributed by atoms with Gasteiger partial charge in [0, 0.05) is 17.0 Å². The van der Waals surface area contributed by atoms with Crippen LogP contribution in [-0.2, 0) is 11.2 Å². The number of carboxylic acids is 1. The van der Waals surface area contributed by atoms with Gasteiger partial charge in [-0.15, -0.1) is 0 Å². The highest BCUT2D eigenvalue weighted by Crippen LogP contribution is 2.20. The zero-order valence-corrected chi connectivity index (χ0v) is 14.6. The highest BCUT2D eigenvalue weighted by atomic mass is 35.5. The van der Waals surface area contributed by atoms with Crippen LogP contribution in [0.1, 0.15) is 30.4 Å². The Morgan fingerprint density at radius 3 is 2.17 bits per heavy atom. The third-order valence-electron chi connectivity index (χ3n) is 3.45. The minimum absolute atomic E-state index is 0.0537. The van der Waals surface area contributed by atoms with Crippen molar-refractivity contribution in [2.75, 3.05) is 6.54 Å². The van der Waals surface area contributed by atoms with Gasteiger partial charge in [-0.05, 0) is 43.1 Å². The first-order chi connectivity index (χ1) is 11.4. The van der Waals surface area contributed by atoms with Gasteiger partial charge in [0.15, 0.2) is 0 Å². The molecule has 4 nitrogen and oxygen atoms in total. The molecule has 2 unspecified atom stereocenters. The molecule has 2 rings (SSSR count). The summed E-state index contributed by atoms with van der Waals surface area (Å²) in [7, 11) is 0. The van der Waals surface area contributed by atoms with Crippen molar-refractivity contribution in [3.63, 3.8) is 0 Å². The van der Waals surface area contributed by atoms with Crippen molar-refractivity contribution in [3.05, 3.63) is 70.7 Å². The number of hydrogen-bond donors (Lipinski definition) is 3. The fourth-order valence-corrected chi connectivity index (χ4v) is 2.39. The third kappa shape index (κ3) is 8.11. The molecule has 2 aromatic rings. The summed E-state index contributed by atoms with van der Waals surface area (Å²) in [6.07, 6.45) is 1.03. The molecule has 2 atom stereocenters. The Hall–Kier alpha value is -1.88. The number of carbonyl (C=O) groups is 1. The first-order valence-electron chi connectivity index (χ1n) is 7.89. The number of benzene rings is 2. The maximum atomic E-state index is 10.5. The second-order valence-corrected chi connectivity index (χ2v) is 6.19. The van der Waals surface area contributed by atoms with Crippen LogP contribution in [0.15, 0.2) is 54.6 Å². The number of nitrogens with two attached hydrogens (primary N) is 2.